The van der Waals surface area contributed by atoms with Gasteiger partial charge in [0.2, 0.25) is 12.0 Å². The number of hydrogen-bond donors (Lipinski definition) is 1. The molecular weight excluding hydrogens is 442 g/mol. The number of pyridine rings is 1. The molecule has 0 aliphatic rings. The summed E-state index contributed by atoms with van der Waals surface area (Å²) in [5.41, 5.74) is -1.17. The third kappa shape index (κ3) is 4.13. The summed E-state index contributed by atoms with van der Waals surface area (Å²) >= 11 is 0. The highest BCUT2D eigenvalue weighted by Crippen LogP contribution is 2.43. The summed E-state index contributed by atoms with van der Waals surface area (Å²) in [4.78, 5) is 19.7. The SMILES string of the molecule is O=c1ccc2cnc(Nc3ccc(-n4cccn4)cc3)nc2n1C(C(F)(F)F)C(F)(F)F. The number of anilines is 2. The van der Waals surface area contributed by atoms with Crippen LogP contribution in [-0.4, -0.2) is 36.7 Å². The summed E-state index contributed by atoms with van der Waals surface area (Å²) in [5, 5.41) is 6.60. The smallest absolute Gasteiger partial charge is 0.324 e. The molecule has 13 heteroatoms. The van der Waals surface area contributed by atoms with Crippen LogP contribution < -0.4 is 10.9 Å². The Labute approximate surface area is 175 Å². The topological polar surface area (TPSA) is 77.6 Å². The maximum atomic E-state index is 13.3. The predicted molar refractivity (Wildman–Crippen MR) is 102 cm³/mol. The van der Waals surface area contributed by atoms with Crippen molar-refractivity contribution >= 4 is 22.7 Å². The highest BCUT2D eigenvalue weighted by molar-refractivity contribution is 5.76. The Morgan fingerprint density at radius 3 is 2.22 bits per heavy atom. The van der Waals surface area contributed by atoms with Crippen molar-refractivity contribution in [3.05, 3.63) is 71.4 Å². The van der Waals surface area contributed by atoms with Gasteiger partial charge in [0.05, 0.1) is 5.69 Å². The van der Waals surface area contributed by atoms with Gasteiger partial charge in [-0.15, -0.1) is 0 Å². The first-order valence-corrected chi connectivity index (χ1v) is 8.93. The molecule has 3 heterocycles. The Morgan fingerprint density at radius 1 is 0.938 bits per heavy atom. The summed E-state index contributed by atoms with van der Waals surface area (Å²) in [5.74, 6) is -0.285. The molecule has 1 N–H and O–H groups in total. The first-order valence-electron chi connectivity index (χ1n) is 8.93. The first-order chi connectivity index (χ1) is 15.0. The van der Waals surface area contributed by atoms with E-state index in [1.807, 2.05) is 0 Å². The lowest BCUT2D eigenvalue weighted by Crippen LogP contribution is -2.43. The van der Waals surface area contributed by atoms with Gasteiger partial charge in [-0.2, -0.15) is 36.4 Å². The van der Waals surface area contributed by atoms with Gasteiger partial charge in [-0.3, -0.25) is 9.36 Å². The van der Waals surface area contributed by atoms with E-state index in [0.29, 0.717) is 17.4 Å². The number of halogens is 6. The molecular formula is C19H12F6N6O. The van der Waals surface area contributed by atoms with Crippen molar-refractivity contribution in [2.75, 3.05) is 5.32 Å². The molecule has 7 nitrogen and oxygen atoms in total. The van der Waals surface area contributed by atoms with Gasteiger partial charge in [-0.25, -0.2) is 9.67 Å². The van der Waals surface area contributed by atoms with Crippen LogP contribution in [0.15, 0.2) is 65.8 Å². The largest absolute Gasteiger partial charge is 0.418 e. The van der Waals surface area contributed by atoms with Crippen LogP contribution in [0.3, 0.4) is 0 Å². The van der Waals surface area contributed by atoms with Gasteiger partial charge in [-0.05, 0) is 36.4 Å². The first kappa shape index (κ1) is 21.3. The highest BCUT2D eigenvalue weighted by atomic mass is 19.4. The van der Waals surface area contributed by atoms with E-state index >= 15 is 0 Å². The van der Waals surface area contributed by atoms with Gasteiger partial charge in [0.25, 0.3) is 5.56 Å². The zero-order valence-electron chi connectivity index (χ0n) is 15.8. The molecule has 0 spiro atoms. The fourth-order valence-corrected chi connectivity index (χ4v) is 3.07. The van der Waals surface area contributed by atoms with E-state index in [-0.39, 0.29) is 11.3 Å². The highest BCUT2D eigenvalue weighted by Gasteiger charge is 2.59. The van der Waals surface area contributed by atoms with Gasteiger partial charge in [0, 0.05) is 35.7 Å². The Bertz CT molecular complexity index is 1280. The molecule has 0 saturated heterocycles. The predicted octanol–water partition coefficient (Wildman–Crippen LogP) is 4.39. The standard InChI is InChI=1S/C19H12F6N6O/c20-18(21,22)16(19(23,24)25)31-14(32)7-2-11-10-26-17(29-15(11)31)28-12-3-5-13(6-4-12)30-9-1-8-27-30/h1-10,16H,(H,26,28,29). The second-order valence-electron chi connectivity index (χ2n) is 6.62. The molecule has 0 amide bonds. The molecule has 0 aliphatic heterocycles. The lowest BCUT2D eigenvalue weighted by atomic mass is 10.2. The third-order valence-corrected chi connectivity index (χ3v) is 4.44. The van der Waals surface area contributed by atoms with Crippen LogP contribution in [0.25, 0.3) is 16.7 Å². The maximum Gasteiger partial charge on any atom is 0.418 e. The number of alkyl halides is 6. The minimum Gasteiger partial charge on any atom is -0.324 e. The van der Waals surface area contributed by atoms with Crippen LogP contribution in [0, 0.1) is 0 Å². The molecule has 0 fully saturated rings. The number of rotatable bonds is 4. The minimum absolute atomic E-state index is 0.164. The van der Waals surface area contributed by atoms with Crippen molar-refractivity contribution in [3.8, 4) is 5.69 Å². The molecule has 166 valence electrons. The molecule has 0 bridgehead atoms. The maximum absolute atomic E-state index is 13.3. The number of hydrogen-bond acceptors (Lipinski definition) is 5. The second-order valence-corrected chi connectivity index (χ2v) is 6.62. The summed E-state index contributed by atoms with van der Waals surface area (Å²) in [6, 6.07) is 5.88. The van der Waals surface area contributed by atoms with E-state index < -0.39 is 34.2 Å². The number of benzene rings is 1. The lowest BCUT2D eigenvalue weighted by Gasteiger charge is -2.25. The number of fused-ring (bicyclic) bond motifs is 1. The van der Waals surface area contributed by atoms with E-state index in [9.17, 15) is 31.1 Å². The van der Waals surface area contributed by atoms with Crippen LogP contribution in [0.2, 0.25) is 0 Å². The Morgan fingerprint density at radius 2 is 1.62 bits per heavy atom. The summed E-state index contributed by atoms with van der Waals surface area (Å²) in [6.07, 6.45) is -7.20. The fraction of sp³-hybridized carbons (Fsp3) is 0.158. The average Bonchev–Trinajstić information content (AvgIpc) is 3.24. The van der Waals surface area contributed by atoms with Crippen molar-refractivity contribution in [2.45, 2.75) is 18.4 Å². The normalized spacial score (nSPS) is 12.5. The van der Waals surface area contributed by atoms with Gasteiger partial charge in [-0.1, -0.05) is 0 Å². The molecule has 1 aromatic carbocycles. The van der Waals surface area contributed by atoms with E-state index in [2.05, 4.69) is 20.4 Å². The lowest BCUT2D eigenvalue weighted by molar-refractivity contribution is -0.274. The van der Waals surface area contributed by atoms with Gasteiger partial charge < -0.3 is 5.32 Å². The number of nitrogens with one attached hydrogen (secondary N) is 1. The quantitative estimate of drug-likeness (QED) is 0.463. The molecule has 4 rings (SSSR count). The van der Waals surface area contributed by atoms with Crippen LogP contribution >= 0.6 is 0 Å². The van der Waals surface area contributed by atoms with Crippen LogP contribution in [0.5, 0.6) is 0 Å². The third-order valence-electron chi connectivity index (χ3n) is 4.44. The zero-order chi connectivity index (χ0) is 23.1. The molecule has 0 saturated carbocycles. The van der Waals surface area contributed by atoms with Crippen molar-refractivity contribution < 1.29 is 26.3 Å². The van der Waals surface area contributed by atoms with E-state index in [1.165, 1.54) is 0 Å². The van der Waals surface area contributed by atoms with Crippen LogP contribution in [0.4, 0.5) is 38.0 Å². The van der Waals surface area contributed by atoms with E-state index in [4.69, 9.17) is 0 Å². The average molecular weight is 454 g/mol. The van der Waals surface area contributed by atoms with E-state index in [0.717, 1.165) is 12.3 Å². The number of nitrogens with zero attached hydrogens (tertiary/aromatic N) is 5. The van der Waals surface area contributed by atoms with Crippen molar-refractivity contribution in [1.29, 1.82) is 0 Å². The minimum atomic E-state index is -5.77. The monoisotopic (exact) mass is 454 g/mol. The summed E-state index contributed by atoms with van der Waals surface area (Å²) < 4.78 is 80.8. The van der Waals surface area contributed by atoms with Gasteiger partial charge in [0.1, 0.15) is 5.65 Å². The van der Waals surface area contributed by atoms with Crippen LogP contribution in [0.1, 0.15) is 6.04 Å². The van der Waals surface area contributed by atoms with Crippen LogP contribution in [-0.2, 0) is 0 Å². The van der Waals surface area contributed by atoms with Crippen molar-refractivity contribution in [3.63, 3.8) is 0 Å². The molecule has 3 aromatic heterocycles. The molecule has 4 aromatic rings. The molecule has 32 heavy (non-hydrogen) atoms. The fourth-order valence-electron chi connectivity index (χ4n) is 3.07. The Balaban J connectivity index is 1.75. The molecule has 0 atom stereocenters. The molecule has 0 radical (unpaired) electrons. The van der Waals surface area contributed by atoms with Crippen molar-refractivity contribution in [2.24, 2.45) is 0 Å². The second kappa shape index (κ2) is 7.66. The van der Waals surface area contributed by atoms with E-state index in [1.54, 1.807) is 47.4 Å². The molecule has 0 aliphatic carbocycles. The number of aromatic nitrogens is 5. The Kier molecular flexibility index (Phi) is 5.11. The molecule has 0 unspecified atom stereocenters. The summed E-state index contributed by atoms with van der Waals surface area (Å²) in [7, 11) is 0. The van der Waals surface area contributed by atoms with Gasteiger partial charge >= 0.3 is 12.4 Å². The zero-order valence-corrected chi connectivity index (χ0v) is 15.8. The summed E-state index contributed by atoms with van der Waals surface area (Å²) in [6.45, 7) is 0. The van der Waals surface area contributed by atoms with Gasteiger partial charge in [0.15, 0.2) is 0 Å². The Hall–Kier alpha value is -3.90. The van der Waals surface area contributed by atoms with Crippen molar-refractivity contribution in [1.82, 2.24) is 24.3 Å².